The van der Waals surface area contributed by atoms with Crippen LogP contribution in [0.3, 0.4) is 0 Å². The number of hydrogen-bond acceptors (Lipinski definition) is 5. The van der Waals surface area contributed by atoms with Crippen LogP contribution < -0.4 is 5.32 Å². The zero-order valence-electron chi connectivity index (χ0n) is 10.4. The van der Waals surface area contributed by atoms with E-state index in [1.165, 1.54) is 6.33 Å². The lowest BCUT2D eigenvalue weighted by atomic mass is 10.1. The van der Waals surface area contributed by atoms with E-state index in [2.05, 4.69) is 20.4 Å². The Bertz CT molecular complexity index is 552. The fraction of sp³-hybridized carbons (Fsp3) is 0.583. The van der Waals surface area contributed by atoms with Crippen LogP contribution in [0.25, 0.3) is 5.78 Å². The summed E-state index contributed by atoms with van der Waals surface area (Å²) >= 11 is 0. The molecule has 3 rings (SSSR count). The molecule has 2 aromatic rings. The zero-order chi connectivity index (χ0) is 12.5. The number of aryl methyl sites for hydroxylation is 1. The maximum Gasteiger partial charge on any atom is 0.254 e. The van der Waals surface area contributed by atoms with Crippen molar-refractivity contribution in [1.82, 2.24) is 19.6 Å². The number of anilines is 1. The Morgan fingerprint density at radius 3 is 3.17 bits per heavy atom. The first-order valence-corrected chi connectivity index (χ1v) is 6.31. The van der Waals surface area contributed by atoms with Gasteiger partial charge >= 0.3 is 0 Å². The normalized spacial score (nSPS) is 23.7. The first-order valence-electron chi connectivity index (χ1n) is 6.31. The van der Waals surface area contributed by atoms with Gasteiger partial charge in [0.15, 0.2) is 0 Å². The third-order valence-electron chi connectivity index (χ3n) is 3.47. The van der Waals surface area contributed by atoms with Gasteiger partial charge in [-0.1, -0.05) is 0 Å². The van der Waals surface area contributed by atoms with Gasteiger partial charge in [0.05, 0.1) is 6.10 Å². The van der Waals surface area contributed by atoms with Gasteiger partial charge < -0.3 is 10.4 Å². The highest BCUT2D eigenvalue weighted by molar-refractivity contribution is 5.44. The van der Waals surface area contributed by atoms with Crippen molar-refractivity contribution in [3.8, 4) is 0 Å². The van der Waals surface area contributed by atoms with E-state index in [0.29, 0.717) is 11.7 Å². The van der Waals surface area contributed by atoms with E-state index in [4.69, 9.17) is 0 Å². The van der Waals surface area contributed by atoms with Crippen molar-refractivity contribution in [1.29, 1.82) is 0 Å². The summed E-state index contributed by atoms with van der Waals surface area (Å²) in [7, 11) is 0. The summed E-state index contributed by atoms with van der Waals surface area (Å²) in [5.41, 5.74) is 0.921. The highest BCUT2D eigenvalue weighted by Crippen LogP contribution is 2.25. The van der Waals surface area contributed by atoms with Gasteiger partial charge in [0.1, 0.15) is 12.1 Å². The Kier molecular flexibility index (Phi) is 2.87. The molecule has 1 fully saturated rings. The molecule has 0 aromatic carbocycles. The van der Waals surface area contributed by atoms with E-state index in [1.54, 1.807) is 4.52 Å². The van der Waals surface area contributed by atoms with Gasteiger partial charge in [-0.2, -0.15) is 14.6 Å². The second kappa shape index (κ2) is 4.53. The van der Waals surface area contributed by atoms with Crippen LogP contribution in [0.15, 0.2) is 12.4 Å². The standard InChI is InChI=1S/C12H17N5O/c1-8-4-11(17-12(16-8)14-7-15-17)13-6-9-2-3-10(18)5-9/h4,7,9-10,13,18H,2-3,5-6H2,1H3. The zero-order valence-corrected chi connectivity index (χ0v) is 10.4. The van der Waals surface area contributed by atoms with Crippen molar-refractivity contribution in [2.45, 2.75) is 32.3 Å². The van der Waals surface area contributed by atoms with Crippen LogP contribution >= 0.6 is 0 Å². The third kappa shape index (κ3) is 2.15. The fourth-order valence-electron chi connectivity index (χ4n) is 2.54. The second-order valence-corrected chi connectivity index (χ2v) is 4.97. The molecule has 2 aromatic heterocycles. The average molecular weight is 247 g/mol. The number of nitrogens with one attached hydrogen (secondary N) is 1. The van der Waals surface area contributed by atoms with Crippen LogP contribution in [0.4, 0.5) is 5.82 Å². The smallest absolute Gasteiger partial charge is 0.254 e. The minimum Gasteiger partial charge on any atom is -0.393 e. The predicted molar refractivity (Wildman–Crippen MR) is 67.4 cm³/mol. The monoisotopic (exact) mass is 247 g/mol. The molecule has 1 saturated carbocycles. The highest BCUT2D eigenvalue weighted by Gasteiger charge is 2.22. The minimum absolute atomic E-state index is 0.123. The van der Waals surface area contributed by atoms with Gasteiger partial charge in [-0.15, -0.1) is 0 Å². The summed E-state index contributed by atoms with van der Waals surface area (Å²) in [5.74, 6) is 2.06. The Morgan fingerprint density at radius 2 is 2.39 bits per heavy atom. The number of hydrogen-bond donors (Lipinski definition) is 2. The molecule has 96 valence electrons. The van der Waals surface area contributed by atoms with Crippen molar-refractivity contribution in [3.63, 3.8) is 0 Å². The summed E-state index contributed by atoms with van der Waals surface area (Å²) in [4.78, 5) is 8.39. The van der Waals surface area contributed by atoms with Gasteiger partial charge in [0, 0.05) is 18.3 Å². The van der Waals surface area contributed by atoms with E-state index < -0.39 is 0 Å². The lowest BCUT2D eigenvalue weighted by molar-refractivity contribution is 0.178. The van der Waals surface area contributed by atoms with Crippen LogP contribution in [0, 0.1) is 12.8 Å². The van der Waals surface area contributed by atoms with E-state index in [-0.39, 0.29) is 6.10 Å². The molecule has 1 aliphatic carbocycles. The van der Waals surface area contributed by atoms with Gasteiger partial charge in [0.2, 0.25) is 0 Å². The third-order valence-corrected chi connectivity index (χ3v) is 3.47. The molecule has 1 aliphatic rings. The average Bonchev–Trinajstić information content (AvgIpc) is 2.94. The topological polar surface area (TPSA) is 75.3 Å². The van der Waals surface area contributed by atoms with Crippen LogP contribution in [0.1, 0.15) is 25.0 Å². The Morgan fingerprint density at radius 1 is 1.50 bits per heavy atom. The first kappa shape index (κ1) is 11.4. The SMILES string of the molecule is Cc1cc(NCC2CCC(O)C2)n2ncnc2n1. The molecule has 18 heavy (non-hydrogen) atoms. The van der Waals surface area contributed by atoms with Crippen LogP contribution in [0.5, 0.6) is 0 Å². The van der Waals surface area contributed by atoms with Gasteiger partial charge in [-0.05, 0) is 32.1 Å². The molecule has 0 amide bonds. The maximum absolute atomic E-state index is 9.51. The van der Waals surface area contributed by atoms with Crippen molar-refractivity contribution < 1.29 is 5.11 Å². The molecular formula is C12H17N5O. The minimum atomic E-state index is -0.123. The van der Waals surface area contributed by atoms with Crippen molar-refractivity contribution in [3.05, 3.63) is 18.1 Å². The number of aromatic nitrogens is 4. The highest BCUT2D eigenvalue weighted by atomic mass is 16.3. The largest absolute Gasteiger partial charge is 0.393 e. The van der Waals surface area contributed by atoms with E-state index in [0.717, 1.165) is 37.3 Å². The predicted octanol–water partition coefficient (Wildman–Crippen LogP) is 1.01. The van der Waals surface area contributed by atoms with Gasteiger partial charge in [0.25, 0.3) is 5.78 Å². The van der Waals surface area contributed by atoms with Crippen LogP contribution in [-0.2, 0) is 0 Å². The maximum atomic E-state index is 9.51. The van der Waals surface area contributed by atoms with Crippen LogP contribution in [0.2, 0.25) is 0 Å². The lowest BCUT2D eigenvalue weighted by Crippen LogP contribution is -2.15. The molecule has 2 N–H and O–H groups in total. The summed E-state index contributed by atoms with van der Waals surface area (Å²) in [5, 5.41) is 17.1. The van der Waals surface area contributed by atoms with E-state index in [1.807, 2.05) is 13.0 Å². The van der Waals surface area contributed by atoms with Crippen molar-refractivity contribution >= 4 is 11.6 Å². The molecule has 0 spiro atoms. The molecule has 0 saturated heterocycles. The Balaban J connectivity index is 1.75. The molecule has 0 aliphatic heterocycles. The van der Waals surface area contributed by atoms with Gasteiger partial charge in [-0.25, -0.2) is 4.98 Å². The van der Waals surface area contributed by atoms with Crippen LogP contribution in [-0.4, -0.2) is 37.3 Å². The van der Waals surface area contributed by atoms with Crippen molar-refractivity contribution in [2.24, 2.45) is 5.92 Å². The molecule has 6 heteroatoms. The number of rotatable bonds is 3. The number of aliphatic hydroxyl groups is 1. The van der Waals surface area contributed by atoms with E-state index >= 15 is 0 Å². The molecule has 2 atom stereocenters. The molecule has 6 nitrogen and oxygen atoms in total. The number of aliphatic hydroxyl groups excluding tert-OH is 1. The second-order valence-electron chi connectivity index (χ2n) is 4.97. The summed E-state index contributed by atoms with van der Waals surface area (Å²) in [6, 6.07) is 1.97. The Labute approximate surface area is 105 Å². The molecule has 0 radical (unpaired) electrons. The lowest BCUT2D eigenvalue weighted by Gasteiger charge is -2.13. The molecule has 2 heterocycles. The fourth-order valence-corrected chi connectivity index (χ4v) is 2.54. The first-order chi connectivity index (χ1) is 8.72. The quantitative estimate of drug-likeness (QED) is 0.846. The van der Waals surface area contributed by atoms with Gasteiger partial charge in [-0.3, -0.25) is 0 Å². The molecule has 0 bridgehead atoms. The molecular weight excluding hydrogens is 230 g/mol. The summed E-state index contributed by atoms with van der Waals surface area (Å²) < 4.78 is 1.71. The number of fused-ring (bicyclic) bond motifs is 1. The van der Waals surface area contributed by atoms with Crippen molar-refractivity contribution in [2.75, 3.05) is 11.9 Å². The molecule has 2 unspecified atom stereocenters. The Hall–Kier alpha value is -1.69. The van der Waals surface area contributed by atoms with E-state index in [9.17, 15) is 5.11 Å². The summed E-state index contributed by atoms with van der Waals surface area (Å²) in [6.07, 6.45) is 4.27. The summed E-state index contributed by atoms with van der Waals surface area (Å²) in [6.45, 7) is 2.80. The number of nitrogens with zero attached hydrogens (tertiary/aromatic N) is 4.